The van der Waals surface area contributed by atoms with E-state index in [1.807, 2.05) is 26.0 Å². The first-order valence-electron chi connectivity index (χ1n) is 5.91. The number of hydrogen-bond acceptors (Lipinski definition) is 4. The molecule has 0 amide bonds. The average Bonchev–Trinajstić information content (AvgIpc) is 2.31. The molecule has 0 bridgehead atoms. The van der Waals surface area contributed by atoms with Crippen molar-refractivity contribution in [3.8, 4) is 5.75 Å². The average molecular weight is 250 g/mol. The number of hydrogen-bond donors (Lipinski definition) is 0. The first kappa shape index (κ1) is 14.2. The van der Waals surface area contributed by atoms with Gasteiger partial charge < -0.3 is 9.47 Å². The number of rotatable bonds is 6. The molecule has 0 saturated heterocycles. The van der Waals surface area contributed by atoms with E-state index in [9.17, 15) is 9.59 Å². The number of Topliss-reactive ketones (excluding diaryl/α,β-unsaturated/α-hetero) is 1. The zero-order chi connectivity index (χ0) is 13.5. The zero-order valence-corrected chi connectivity index (χ0v) is 11.0. The van der Waals surface area contributed by atoms with Gasteiger partial charge in [0.25, 0.3) is 0 Å². The van der Waals surface area contributed by atoms with Gasteiger partial charge in [0, 0.05) is 0 Å². The number of ketones is 1. The van der Waals surface area contributed by atoms with Crippen molar-refractivity contribution < 1.29 is 19.1 Å². The number of esters is 1. The van der Waals surface area contributed by atoms with Crippen molar-refractivity contribution in [3.63, 3.8) is 0 Å². The lowest BCUT2D eigenvalue weighted by atomic mass is 10.1. The van der Waals surface area contributed by atoms with Crippen LogP contribution in [0.15, 0.2) is 18.2 Å². The fraction of sp³-hybridized carbons (Fsp3) is 0.429. The summed E-state index contributed by atoms with van der Waals surface area (Å²) in [7, 11) is 0. The molecule has 1 rings (SSSR count). The minimum Gasteiger partial charge on any atom is -0.486 e. The van der Waals surface area contributed by atoms with Gasteiger partial charge in [-0.2, -0.15) is 0 Å². The summed E-state index contributed by atoms with van der Waals surface area (Å²) in [6, 6.07) is 5.65. The Hall–Kier alpha value is -1.84. The Morgan fingerprint density at radius 3 is 2.61 bits per heavy atom. The number of carbonyl (C=O) groups excluding carboxylic acids is 2. The van der Waals surface area contributed by atoms with Crippen LogP contribution in [0.2, 0.25) is 0 Å². The second-order valence-electron chi connectivity index (χ2n) is 4.01. The highest BCUT2D eigenvalue weighted by Gasteiger charge is 2.11. The van der Waals surface area contributed by atoms with Crippen molar-refractivity contribution in [2.75, 3.05) is 13.2 Å². The standard InChI is InChI=1S/C14H18O4/c1-4-17-14(16)8-12(15)9-18-13-7-5-6-10(2)11(13)3/h5-7H,4,8-9H2,1-3H3. The summed E-state index contributed by atoms with van der Waals surface area (Å²) in [6.07, 6.45) is -0.237. The molecule has 1 aromatic rings. The summed E-state index contributed by atoms with van der Waals surface area (Å²) in [5.74, 6) is -0.117. The molecule has 0 atom stereocenters. The minimum absolute atomic E-state index is 0.108. The van der Waals surface area contributed by atoms with Gasteiger partial charge in [-0.05, 0) is 38.0 Å². The molecular formula is C14H18O4. The molecule has 0 spiro atoms. The highest BCUT2D eigenvalue weighted by atomic mass is 16.5. The van der Waals surface area contributed by atoms with Gasteiger partial charge in [-0.25, -0.2) is 0 Å². The lowest BCUT2D eigenvalue weighted by Crippen LogP contribution is -2.17. The van der Waals surface area contributed by atoms with Crippen LogP contribution >= 0.6 is 0 Å². The predicted molar refractivity (Wildman–Crippen MR) is 67.7 cm³/mol. The summed E-state index contributed by atoms with van der Waals surface area (Å²) in [4.78, 5) is 22.6. The number of carbonyl (C=O) groups is 2. The van der Waals surface area contributed by atoms with Gasteiger partial charge in [0.2, 0.25) is 0 Å². The maximum Gasteiger partial charge on any atom is 0.313 e. The smallest absolute Gasteiger partial charge is 0.313 e. The molecule has 4 heteroatoms. The van der Waals surface area contributed by atoms with Crippen LogP contribution in [0.4, 0.5) is 0 Å². The van der Waals surface area contributed by atoms with E-state index in [2.05, 4.69) is 0 Å². The van der Waals surface area contributed by atoms with E-state index in [4.69, 9.17) is 9.47 Å². The summed E-state index contributed by atoms with van der Waals surface area (Å²) in [6.45, 7) is 5.78. The minimum atomic E-state index is -0.507. The SMILES string of the molecule is CCOC(=O)CC(=O)COc1cccc(C)c1C. The lowest BCUT2D eigenvalue weighted by molar-refractivity contribution is -0.145. The molecule has 0 aliphatic rings. The van der Waals surface area contributed by atoms with Crippen molar-refractivity contribution in [2.45, 2.75) is 27.2 Å². The molecule has 0 saturated carbocycles. The molecule has 18 heavy (non-hydrogen) atoms. The number of aryl methyl sites for hydroxylation is 1. The van der Waals surface area contributed by atoms with Crippen LogP contribution in [-0.4, -0.2) is 25.0 Å². The van der Waals surface area contributed by atoms with Gasteiger partial charge in [0.1, 0.15) is 18.8 Å². The molecular weight excluding hydrogens is 232 g/mol. The monoisotopic (exact) mass is 250 g/mol. The quantitative estimate of drug-likeness (QED) is 0.573. The molecule has 0 unspecified atom stereocenters. The molecule has 0 aliphatic heterocycles. The molecule has 0 heterocycles. The summed E-state index contributed by atoms with van der Waals surface area (Å²) < 4.78 is 10.1. The molecule has 0 aliphatic carbocycles. The Kier molecular flexibility index (Phi) is 5.36. The van der Waals surface area contributed by atoms with Gasteiger partial charge in [-0.1, -0.05) is 12.1 Å². The van der Waals surface area contributed by atoms with Crippen molar-refractivity contribution >= 4 is 11.8 Å². The Morgan fingerprint density at radius 2 is 1.94 bits per heavy atom. The summed E-state index contributed by atoms with van der Waals surface area (Å²) in [5.41, 5.74) is 2.10. The highest BCUT2D eigenvalue weighted by Crippen LogP contribution is 2.20. The number of ether oxygens (including phenoxy) is 2. The Labute approximate surface area is 107 Å². The van der Waals surface area contributed by atoms with Crippen molar-refractivity contribution in [3.05, 3.63) is 29.3 Å². The predicted octanol–water partition coefficient (Wildman–Crippen LogP) is 2.20. The molecule has 1 aromatic carbocycles. The van der Waals surface area contributed by atoms with Gasteiger partial charge >= 0.3 is 5.97 Å². The Bertz CT molecular complexity index is 437. The third-order valence-corrected chi connectivity index (χ3v) is 2.59. The maximum atomic E-state index is 11.5. The van der Waals surface area contributed by atoms with E-state index in [-0.39, 0.29) is 25.4 Å². The van der Waals surface area contributed by atoms with E-state index in [0.29, 0.717) is 5.75 Å². The van der Waals surface area contributed by atoms with Crippen LogP contribution in [0, 0.1) is 13.8 Å². The van der Waals surface area contributed by atoms with E-state index in [1.165, 1.54) is 0 Å². The Morgan fingerprint density at radius 1 is 1.22 bits per heavy atom. The topological polar surface area (TPSA) is 52.6 Å². The first-order chi connectivity index (χ1) is 8.54. The van der Waals surface area contributed by atoms with Crippen LogP contribution in [-0.2, 0) is 14.3 Å². The third kappa shape index (κ3) is 4.20. The normalized spacial score (nSPS) is 9.94. The fourth-order valence-corrected chi connectivity index (χ4v) is 1.46. The highest BCUT2D eigenvalue weighted by molar-refractivity contribution is 5.96. The van der Waals surface area contributed by atoms with Gasteiger partial charge in [-0.15, -0.1) is 0 Å². The maximum absolute atomic E-state index is 11.5. The number of benzene rings is 1. The summed E-state index contributed by atoms with van der Waals surface area (Å²) >= 11 is 0. The van der Waals surface area contributed by atoms with Crippen LogP contribution in [0.1, 0.15) is 24.5 Å². The van der Waals surface area contributed by atoms with E-state index in [0.717, 1.165) is 11.1 Å². The third-order valence-electron chi connectivity index (χ3n) is 2.59. The van der Waals surface area contributed by atoms with Crippen molar-refractivity contribution in [2.24, 2.45) is 0 Å². The van der Waals surface area contributed by atoms with Crippen molar-refractivity contribution in [1.82, 2.24) is 0 Å². The van der Waals surface area contributed by atoms with E-state index >= 15 is 0 Å². The second-order valence-corrected chi connectivity index (χ2v) is 4.01. The van der Waals surface area contributed by atoms with Gasteiger partial charge in [0.05, 0.1) is 6.61 Å². The fourth-order valence-electron chi connectivity index (χ4n) is 1.46. The Balaban J connectivity index is 2.48. The second kappa shape index (κ2) is 6.79. The lowest BCUT2D eigenvalue weighted by Gasteiger charge is -2.10. The molecule has 0 radical (unpaired) electrons. The van der Waals surface area contributed by atoms with Crippen LogP contribution < -0.4 is 4.74 Å². The first-order valence-corrected chi connectivity index (χ1v) is 5.91. The zero-order valence-electron chi connectivity index (χ0n) is 11.0. The molecule has 0 N–H and O–H groups in total. The molecule has 0 fully saturated rings. The van der Waals surface area contributed by atoms with Crippen LogP contribution in [0.25, 0.3) is 0 Å². The van der Waals surface area contributed by atoms with Crippen molar-refractivity contribution in [1.29, 1.82) is 0 Å². The molecule has 4 nitrogen and oxygen atoms in total. The summed E-state index contributed by atoms with van der Waals surface area (Å²) in [5, 5.41) is 0. The van der Waals surface area contributed by atoms with Crippen LogP contribution in [0.5, 0.6) is 5.75 Å². The van der Waals surface area contributed by atoms with E-state index in [1.54, 1.807) is 13.0 Å². The van der Waals surface area contributed by atoms with Crippen LogP contribution in [0.3, 0.4) is 0 Å². The van der Waals surface area contributed by atoms with Gasteiger partial charge in [0.15, 0.2) is 5.78 Å². The molecule has 0 aromatic heterocycles. The van der Waals surface area contributed by atoms with Gasteiger partial charge in [-0.3, -0.25) is 9.59 Å². The van der Waals surface area contributed by atoms with E-state index < -0.39 is 5.97 Å². The molecule has 98 valence electrons. The largest absolute Gasteiger partial charge is 0.486 e.